The second kappa shape index (κ2) is 4.67. The maximum absolute atomic E-state index is 9.35. The first-order valence-corrected chi connectivity index (χ1v) is 9.40. The highest BCUT2D eigenvalue weighted by atomic mass is 28.4. The zero-order valence-electron chi connectivity index (χ0n) is 10.5. The van der Waals surface area contributed by atoms with Crippen LogP contribution in [0.4, 0.5) is 0 Å². The van der Waals surface area contributed by atoms with Crippen molar-refractivity contribution in [1.29, 1.82) is 5.26 Å². The smallest absolute Gasteiger partial charge is 0.185 e. The van der Waals surface area contributed by atoms with Gasteiger partial charge in [0.2, 0.25) is 0 Å². The first-order chi connectivity index (χ1) is 6.87. The van der Waals surface area contributed by atoms with Gasteiger partial charge in [0.05, 0.1) is 6.07 Å². The molecule has 0 N–H and O–H groups in total. The molecule has 0 aromatic heterocycles. The summed E-state index contributed by atoms with van der Waals surface area (Å²) in [7, 11) is -1.62. The van der Waals surface area contributed by atoms with Crippen molar-refractivity contribution in [3.8, 4) is 6.07 Å². The van der Waals surface area contributed by atoms with Gasteiger partial charge >= 0.3 is 0 Å². The van der Waals surface area contributed by atoms with Gasteiger partial charge in [-0.25, -0.2) is 0 Å². The molecular weight excluding hydrogens is 202 g/mol. The zero-order chi connectivity index (χ0) is 11.5. The van der Waals surface area contributed by atoms with Gasteiger partial charge in [-0.1, -0.05) is 19.3 Å². The Balaban J connectivity index is 2.71. The van der Waals surface area contributed by atoms with Crippen molar-refractivity contribution in [3.05, 3.63) is 0 Å². The number of hydrogen-bond donors (Lipinski definition) is 0. The van der Waals surface area contributed by atoms with E-state index in [0.717, 1.165) is 12.8 Å². The van der Waals surface area contributed by atoms with E-state index in [0.29, 0.717) is 5.92 Å². The Morgan fingerprint density at radius 2 is 1.73 bits per heavy atom. The maximum Gasteiger partial charge on any atom is 0.185 e. The molecule has 0 bridgehead atoms. The van der Waals surface area contributed by atoms with Gasteiger partial charge in [-0.05, 0) is 39.4 Å². The van der Waals surface area contributed by atoms with Gasteiger partial charge in [-0.15, -0.1) is 0 Å². The second-order valence-electron chi connectivity index (χ2n) is 5.77. The molecule has 2 nitrogen and oxygen atoms in total. The van der Waals surface area contributed by atoms with E-state index in [9.17, 15) is 5.26 Å². The Bertz CT molecular complexity index is 247. The molecule has 1 atom stereocenters. The Kier molecular flexibility index (Phi) is 3.97. The van der Waals surface area contributed by atoms with Crippen molar-refractivity contribution in [3.63, 3.8) is 0 Å². The van der Waals surface area contributed by atoms with Crippen molar-refractivity contribution in [2.75, 3.05) is 0 Å². The summed E-state index contributed by atoms with van der Waals surface area (Å²) in [6, 6.07) is 2.42. The summed E-state index contributed by atoms with van der Waals surface area (Å²) >= 11 is 0. The quantitative estimate of drug-likeness (QED) is 0.686. The van der Waals surface area contributed by atoms with E-state index < -0.39 is 13.9 Å². The predicted molar refractivity (Wildman–Crippen MR) is 65.0 cm³/mol. The molecule has 0 saturated heterocycles. The third-order valence-corrected chi connectivity index (χ3v) is 4.16. The lowest BCUT2D eigenvalue weighted by atomic mass is 9.79. The van der Waals surface area contributed by atoms with E-state index in [1.54, 1.807) is 0 Å². The van der Waals surface area contributed by atoms with Crippen LogP contribution < -0.4 is 0 Å². The van der Waals surface area contributed by atoms with Crippen LogP contribution in [0.25, 0.3) is 0 Å². The average Bonchev–Trinajstić information content (AvgIpc) is 2.16. The molecule has 0 aromatic rings. The summed E-state index contributed by atoms with van der Waals surface area (Å²) in [6.07, 6.45) is 6.17. The summed E-state index contributed by atoms with van der Waals surface area (Å²) in [6.45, 7) is 8.46. The molecule has 1 aliphatic carbocycles. The third-order valence-electron chi connectivity index (χ3n) is 3.12. The zero-order valence-corrected chi connectivity index (χ0v) is 11.5. The molecule has 0 aromatic carbocycles. The third kappa shape index (κ3) is 3.62. The molecule has 1 aliphatic rings. The maximum atomic E-state index is 9.35. The molecule has 1 fully saturated rings. The lowest BCUT2D eigenvalue weighted by Gasteiger charge is -2.38. The Morgan fingerprint density at radius 3 is 2.13 bits per heavy atom. The van der Waals surface area contributed by atoms with Gasteiger partial charge in [0, 0.05) is 5.92 Å². The van der Waals surface area contributed by atoms with Gasteiger partial charge < -0.3 is 4.43 Å². The first kappa shape index (κ1) is 12.7. The first-order valence-electron chi connectivity index (χ1n) is 5.99. The predicted octanol–water partition coefficient (Wildman–Crippen LogP) is 3.70. The number of nitrogens with zero attached hydrogens (tertiary/aromatic N) is 1. The highest BCUT2D eigenvalue weighted by Crippen LogP contribution is 2.36. The van der Waals surface area contributed by atoms with Crippen molar-refractivity contribution >= 4 is 8.32 Å². The van der Waals surface area contributed by atoms with Crippen LogP contribution in [0.1, 0.15) is 39.0 Å². The second-order valence-corrected chi connectivity index (χ2v) is 10.2. The highest BCUT2D eigenvalue weighted by Gasteiger charge is 2.39. The summed E-state index contributed by atoms with van der Waals surface area (Å²) in [5.41, 5.74) is -0.537. The molecule has 0 spiro atoms. The van der Waals surface area contributed by atoms with Gasteiger partial charge in [-0.3, -0.25) is 0 Å². The fourth-order valence-corrected chi connectivity index (χ4v) is 3.97. The minimum atomic E-state index is -1.62. The lowest BCUT2D eigenvalue weighted by Crippen LogP contribution is -2.45. The van der Waals surface area contributed by atoms with Crippen LogP contribution in [0.3, 0.4) is 0 Å². The summed E-state index contributed by atoms with van der Waals surface area (Å²) in [5.74, 6) is 0.447. The Labute approximate surface area is 94.8 Å². The number of rotatable bonds is 3. The summed E-state index contributed by atoms with van der Waals surface area (Å²) < 4.78 is 6.09. The largest absolute Gasteiger partial charge is 0.400 e. The molecule has 15 heavy (non-hydrogen) atoms. The lowest BCUT2D eigenvalue weighted by molar-refractivity contribution is 0.0520. The van der Waals surface area contributed by atoms with Crippen LogP contribution in [-0.2, 0) is 4.43 Å². The normalized spacial score (nSPS) is 23.1. The topological polar surface area (TPSA) is 33.0 Å². The molecule has 0 amide bonds. The minimum absolute atomic E-state index is 0.447. The molecule has 86 valence electrons. The molecule has 1 saturated carbocycles. The van der Waals surface area contributed by atoms with Crippen molar-refractivity contribution in [2.24, 2.45) is 5.92 Å². The van der Waals surface area contributed by atoms with E-state index >= 15 is 0 Å². The standard InChI is InChI=1S/C12H23NOSi/c1-12(10-13,14-15(2,3)4)11-8-6-5-7-9-11/h11H,5-9H2,1-4H3/t12-/m1/s1. The van der Waals surface area contributed by atoms with Gasteiger partial charge in [0.1, 0.15) is 5.60 Å². The number of nitriles is 1. The molecular formula is C12H23NOSi. The Morgan fingerprint density at radius 1 is 1.20 bits per heavy atom. The van der Waals surface area contributed by atoms with Crippen molar-refractivity contribution in [2.45, 2.75) is 64.3 Å². The molecule has 0 radical (unpaired) electrons. The van der Waals surface area contributed by atoms with Crippen LogP contribution in [0.2, 0.25) is 19.6 Å². The van der Waals surface area contributed by atoms with E-state index in [4.69, 9.17) is 4.43 Å². The van der Waals surface area contributed by atoms with Gasteiger partial charge in [0.15, 0.2) is 8.32 Å². The summed E-state index contributed by atoms with van der Waals surface area (Å²) in [4.78, 5) is 0. The monoisotopic (exact) mass is 225 g/mol. The molecule has 0 unspecified atom stereocenters. The van der Waals surface area contributed by atoms with Crippen LogP contribution in [0.5, 0.6) is 0 Å². The van der Waals surface area contributed by atoms with Crippen LogP contribution >= 0.6 is 0 Å². The van der Waals surface area contributed by atoms with E-state index in [1.807, 2.05) is 6.92 Å². The van der Waals surface area contributed by atoms with E-state index in [-0.39, 0.29) is 0 Å². The van der Waals surface area contributed by atoms with E-state index in [1.165, 1.54) is 19.3 Å². The fourth-order valence-electron chi connectivity index (χ4n) is 2.49. The van der Waals surface area contributed by atoms with Gasteiger partial charge in [-0.2, -0.15) is 5.26 Å². The van der Waals surface area contributed by atoms with Gasteiger partial charge in [0.25, 0.3) is 0 Å². The average molecular weight is 225 g/mol. The molecule has 0 aliphatic heterocycles. The number of hydrogen-bond acceptors (Lipinski definition) is 2. The fraction of sp³-hybridized carbons (Fsp3) is 0.917. The van der Waals surface area contributed by atoms with Crippen molar-refractivity contribution in [1.82, 2.24) is 0 Å². The van der Waals surface area contributed by atoms with E-state index in [2.05, 4.69) is 25.7 Å². The summed E-state index contributed by atoms with van der Waals surface area (Å²) in [5, 5.41) is 9.35. The molecule has 0 heterocycles. The minimum Gasteiger partial charge on any atom is -0.400 e. The SMILES string of the molecule is C[C@](C#N)(O[Si](C)(C)C)C1CCCCC1. The highest BCUT2D eigenvalue weighted by molar-refractivity contribution is 6.69. The molecule has 3 heteroatoms. The molecule has 1 rings (SSSR count). The van der Waals surface area contributed by atoms with Crippen LogP contribution in [-0.4, -0.2) is 13.9 Å². The Hall–Kier alpha value is -0.333. The van der Waals surface area contributed by atoms with Crippen molar-refractivity contribution < 1.29 is 4.43 Å². The van der Waals surface area contributed by atoms with Crippen LogP contribution in [0.15, 0.2) is 0 Å². The van der Waals surface area contributed by atoms with Crippen LogP contribution in [0, 0.1) is 17.2 Å².